The predicted octanol–water partition coefficient (Wildman–Crippen LogP) is 4.42. The molecular weight excluding hydrogens is 427 g/mol. The Labute approximate surface area is 187 Å². The van der Waals surface area contributed by atoms with Crippen molar-refractivity contribution < 1.29 is 4.79 Å². The van der Waals surface area contributed by atoms with Gasteiger partial charge in [0.1, 0.15) is 0 Å². The zero-order valence-corrected chi connectivity index (χ0v) is 18.6. The summed E-state index contributed by atoms with van der Waals surface area (Å²) >= 11 is 1.76. The first-order chi connectivity index (χ1) is 13.3. The molecule has 4 rings (SSSR count). The van der Waals surface area contributed by atoms with Gasteiger partial charge < -0.3 is 10.2 Å². The van der Waals surface area contributed by atoms with Crippen LogP contribution < -0.4 is 5.32 Å². The predicted molar refractivity (Wildman–Crippen MR) is 123 cm³/mol. The average molecular weight is 453 g/mol. The minimum atomic E-state index is 0. The van der Waals surface area contributed by atoms with E-state index in [-0.39, 0.29) is 36.8 Å². The van der Waals surface area contributed by atoms with Gasteiger partial charge in [-0.05, 0) is 43.0 Å². The summed E-state index contributed by atoms with van der Waals surface area (Å²) in [6.07, 6.45) is 7.08. The molecule has 0 spiro atoms. The van der Waals surface area contributed by atoms with Crippen molar-refractivity contribution in [3.8, 4) is 0 Å². The molecule has 5 nitrogen and oxygen atoms in total. The number of thiazole rings is 1. The molecule has 0 saturated carbocycles. The summed E-state index contributed by atoms with van der Waals surface area (Å²) in [5.74, 6) is 0.245. The van der Waals surface area contributed by atoms with Gasteiger partial charge in [0, 0.05) is 38.4 Å². The van der Waals surface area contributed by atoms with Crippen LogP contribution in [-0.2, 0) is 11.2 Å². The Morgan fingerprint density at radius 1 is 1.17 bits per heavy atom. The van der Waals surface area contributed by atoms with Crippen molar-refractivity contribution in [2.75, 3.05) is 19.6 Å². The van der Waals surface area contributed by atoms with E-state index >= 15 is 0 Å². The van der Waals surface area contributed by atoms with Crippen LogP contribution >= 0.6 is 36.2 Å². The molecule has 1 aliphatic rings. The smallest absolute Gasteiger partial charge is 0.223 e. The number of nitrogens with one attached hydrogen (secondary N) is 1. The van der Waals surface area contributed by atoms with Crippen LogP contribution in [0.1, 0.15) is 35.9 Å². The Balaban J connectivity index is 0.00000150. The summed E-state index contributed by atoms with van der Waals surface area (Å²) in [7, 11) is 0. The molecule has 1 fully saturated rings. The molecule has 3 aromatic rings. The first kappa shape index (κ1) is 23.5. The van der Waals surface area contributed by atoms with Crippen LogP contribution in [0.4, 0.5) is 0 Å². The monoisotopic (exact) mass is 452 g/mol. The van der Waals surface area contributed by atoms with E-state index in [2.05, 4.69) is 39.6 Å². The highest BCUT2D eigenvalue weighted by molar-refractivity contribution is 7.18. The normalized spacial score (nSPS) is 16.1. The molecule has 1 unspecified atom stereocenters. The molecule has 1 amide bonds. The van der Waals surface area contributed by atoms with Gasteiger partial charge >= 0.3 is 0 Å². The molecule has 0 aliphatic carbocycles. The number of para-hydroxylation sites is 1. The Hall–Kier alpha value is -1.73. The topological polar surface area (TPSA) is 58.1 Å². The third-order valence-corrected chi connectivity index (χ3v) is 6.10. The summed E-state index contributed by atoms with van der Waals surface area (Å²) in [4.78, 5) is 23.7. The van der Waals surface area contributed by atoms with Crippen LogP contribution in [0.5, 0.6) is 0 Å². The number of amides is 1. The molecule has 1 aromatic carbocycles. The molecule has 1 atom stereocenters. The fourth-order valence-corrected chi connectivity index (χ4v) is 4.61. The lowest BCUT2D eigenvalue weighted by molar-refractivity contribution is -0.134. The maximum absolute atomic E-state index is 12.8. The van der Waals surface area contributed by atoms with Crippen molar-refractivity contribution in [3.63, 3.8) is 0 Å². The molecule has 1 N–H and O–H groups in total. The highest BCUT2D eigenvalue weighted by atomic mass is 35.5. The van der Waals surface area contributed by atoms with E-state index in [4.69, 9.17) is 0 Å². The van der Waals surface area contributed by atoms with Gasteiger partial charge in [-0.3, -0.25) is 9.78 Å². The van der Waals surface area contributed by atoms with Gasteiger partial charge in [-0.2, -0.15) is 0 Å². The lowest BCUT2D eigenvalue weighted by Gasteiger charge is -2.36. The van der Waals surface area contributed by atoms with Gasteiger partial charge in [0.25, 0.3) is 0 Å². The summed E-state index contributed by atoms with van der Waals surface area (Å²) in [6, 6.07) is 12.3. The van der Waals surface area contributed by atoms with Crippen molar-refractivity contribution in [3.05, 3.63) is 59.4 Å². The number of carbonyl (C=O) groups excluding carboxylic acids is 1. The Morgan fingerprint density at radius 3 is 2.83 bits per heavy atom. The van der Waals surface area contributed by atoms with Gasteiger partial charge in [0.15, 0.2) is 0 Å². The van der Waals surface area contributed by atoms with Crippen LogP contribution in [0.25, 0.3) is 10.2 Å². The number of nitrogens with zero attached hydrogens (tertiary/aromatic N) is 3. The number of carbonyl (C=O) groups is 1. The van der Waals surface area contributed by atoms with E-state index in [0.717, 1.165) is 50.0 Å². The third-order valence-electron chi connectivity index (χ3n) is 5.00. The number of aryl methyl sites for hydroxylation is 1. The van der Waals surface area contributed by atoms with Crippen LogP contribution in [0.15, 0.2) is 48.8 Å². The summed E-state index contributed by atoms with van der Waals surface area (Å²) < 4.78 is 1.24. The average Bonchev–Trinajstić information content (AvgIpc) is 3.14. The van der Waals surface area contributed by atoms with Gasteiger partial charge in [-0.15, -0.1) is 36.2 Å². The first-order valence-electron chi connectivity index (χ1n) is 9.56. The molecule has 29 heavy (non-hydrogen) atoms. The van der Waals surface area contributed by atoms with Gasteiger partial charge in [0.2, 0.25) is 5.91 Å². The van der Waals surface area contributed by atoms with E-state index in [0.29, 0.717) is 6.42 Å². The molecular formula is C21H26Cl2N4OS. The summed E-state index contributed by atoms with van der Waals surface area (Å²) in [5, 5.41) is 4.56. The van der Waals surface area contributed by atoms with E-state index in [1.54, 1.807) is 17.5 Å². The zero-order valence-electron chi connectivity index (χ0n) is 16.1. The molecule has 0 bridgehead atoms. The number of unbranched alkanes of at least 4 members (excludes halogenated alkanes) is 1. The number of pyridine rings is 1. The maximum Gasteiger partial charge on any atom is 0.223 e. The second-order valence-corrected chi connectivity index (χ2v) is 7.99. The molecule has 1 aliphatic heterocycles. The second kappa shape index (κ2) is 11.5. The molecule has 1 saturated heterocycles. The van der Waals surface area contributed by atoms with Crippen molar-refractivity contribution in [2.45, 2.75) is 31.7 Å². The number of aromatic nitrogens is 2. The summed E-state index contributed by atoms with van der Waals surface area (Å²) in [5.41, 5.74) is 2.18. The number of halogens is 2. The van der Waals surface area contributed by atoms with Crippen LogP contribution in [0, 0.1) is 0 Å². The van der Waals surface area contributed by atoms with Crippen LogP contribution in [0.3, 0.4) is 0 Å². The SMILES string of the molecule is Cl.Cl.O=C(CCCCc1nc2ccccc2s1)N1CCNCC1c1cccnc1. The number of piperazine rings is 1. The standard InChI is InChI=1S/C21H24N4OS.2ClH/c26-21(25-13-12-23-15-18(25)16-6-5-11-22-14-16)10-4-3-9-20-24-17-7-1-2-8-19(17)27-20;;/h1-2,5-8,11,14,18,23H,3-4,9-10,12-13,15H2;2*1H. The Morgan fingerprint density at radius 2 is 2.03 bits per heavy atom. The molecule has 2 aromatic heterocycles. The molecule has 3 heterocycles. The highest BCUT2D eigenvalue weighted by Gasteiger charge is 2.27. The molecule has 156 valence electrons. The minimum Gasteiger partial charge on any atom is -0.333 e. The number of hydrogen-bond acceptors (Lipinski definition) is 5. The molecule has 0 radical (unpaired) electrons. The molecule has 8 heteroatoms. The van der Waals surface area contributed by atoms with Gasteiger partial charge in [-0.1, -0.05) is 18.2 Å². The van der Waals surface area contributed by atoms with E-state index in [9.17, 15) is 4.79 Å². The van der Waals surface area contributed by atoms with Crippen molar-refractivity contribution in [2.24, 2.45) is 0 Å². The third kappa shape index (κ3) is 5.89. The van der Waals surface area contributed by atoms with Crippen molar-refractivity contribution in [1.82, 2.24) is 20.2 Å². The first-order valence-corrected chi connectivity index (χ1v) is 10.4. The van der Waals surface area contributed by atoms with E-state index < -0.39 is 0 Å². The fourth-order valence-electron chi connectivity index (χ4n) is 3.60. The number of benzene rings is 1. The maximum atomic E-state index is 12.8. The van der Waals surface area contributed by atoms with Crippen molar-refractivity contribution in [1.29, 1.82) is 0 Å². The quantitative estimate of drug-likeness (QED) is 0.562. The lowest BCUT2D eigenvalue weighted by atomic mass is 10.0. The van der Waals surface area contributed by atoms with E-state index in [1.165, 1.54) is 9.71 Å². The van der Waals surface area contributed by atoms with E-state index in [1.807, 2.05) is 23.2 Å². The highest BCUT2D eigenvalue weighted by Crippen LogP contribution is 2.24. The number of hydrogen-bond donors (Lipinski definition) is 1. The minimum absolute atomic E-state index is 0. The fraction of sp³-hybridized carbons (Fsp3) is 0.381. The Kier molecular flexibility index (Phi) is 9.30. The van der Waals surface area contributed by atoms with Crippen LogP contribution in [0.2, 0.25) is 0 Å². The second-order valence-electron chi connectivity index (χ2n) is 6.88. The lowest BCUT2D eigenvalue weighted by Crippen LogP contribution is -2.48. The summed E-state index contributed by atoms with van der Waals surface area (Å²) in [6.45, 7) is 2.41. The van der Waals surface area contributed by atoms with Crippen molar-refractivity contribution >= 4 is 52.3 Å². The largest absolute Gasteiger partial charge is 0.333 e. The number of rotatable bonds is 6. The van der Waals surface area contributed by atoms with Gasteiger partial charge in [-0.25, -0.2) is 4.98 Å². The Bertz CT molecular complexity index is 873. The van der Waals surface area contributed by atoms with Gasteiger partial charge in [0.05, 0.1) is 21.3 Å². The van der Waals surface area contributed by atoms with Crippen LogP contribution in [-0.4, -0.2) is 40.4 Å². The number of fused-ring (bicyclic) bond motifs is 1. The zero-order chi connectivity index (χ0) is 18.5.